The van der Waals surface area contributed by atoms with Gasteiger partial charge < -0.3 is 19.5 Å². The lowest BCUT2D eigenvalue weighted by atomic mass is 10.3. The molecule has 1 amide bonds. The Morgan fingerprint density at radius 3 is 2.27 bits per heavy atom. The summed E-state index contributed by atoms with van der Waals surface area (Å²) in [5.41, 5.74) is 0.156. The van der Waals surface area contributed by atoms with Gasteiger partial charge in [-0.1, -0.05) is 12.1 Å². The second-order valence-electron chi connectivity index (χ2n) is 5.79. The molecule has 30 heavy (non-hydrogen) atoms. The van der Waals surface area contributed by atoms with Gasteiger partial charge in [0.05, 0.1) is 25.0 Å². The maximum atomic E-state index is 12.5. The molecule has 2 aromatic rings. The molecule has 0 aromatic heterocycles. The Kier molecular flexibility index (Phi) is 8.10. The standard InChI is InChI=1S/C19H19F2NO7S/c1-27-15-4-2-3-5-16(15)28-11-10-18(24)29-12-17(23)22-13-6-8-14(9-7-13)30(25,26)19(20)21/h2-9,19H,10-12H2,1H3,(H,22,23). The van der Waals surface area contributed by atoms with E-state index in [1.807, 2.05) is 0 Å². The van der Waals surface area contributed by atoms with Crippen LogP contribution in [0.5, 0.6) is 11.5 Å². The predicted molar refractivity (Wildman–Crippen MR) is 102 cm³/mol. The number of nitrogens with one attached hydrogen (secondary N) is 1. The summed E-state index contributed by atoms with van der Waals surface area (Å²) in [5.74, 6) is -3.92. The summed E-state index contributed by atoms with van der Waals surface area (Å²) in [6.07, 6.45) is -0.106. The fourth-order valence-corrected chi connectivity index (χ4v) is 2.95. The van der Waals surface area contributed by atoms with Crippen LogP contribution >= 0.6 is 0 Å². The van der Waals surface area contributed by atoms with Crippen molar-refractivity contribution in [1.82, 2.24) is 0 Å². The molecule has 0 aliphatic carbocycles. The van der Waals surface area contributed by atoms with Crippen molar-refractivity contribution in [2.24, 2.45) is 0 Å². The van der Waals surface area contributed by atoms with E-state index >= 15 is 0 Å². The molecule has 1 N–H and O–H groups in total. The van der Waals surface area contributed by atoms with E-state index < -0.39 is 39.0 Å². The van der Waals surface area contributed by atoms with Gasteiger partial charge in [0.1, 0.15) is 0 Å². The maximum absolute atomic E-state index is 12.5. The zero-order valence-electron chi connectivity index (χ0n) is 15.8. The number of esters is 1. The molecule has 0 fully saturated rings. The van der Waals surface area contributed by atoms with E-state index in [-0.39, 0.29) is 18.7 Å². The van der Waals surface area contributed by atoms with Crippen molar-refractivity contribution in [2.45, 2.75) is 17.1 Å². The number of alkyl halides is 2. The number of hydrogen-bond acceptors (Lipinski definition) is 7. The minimum Gasteiger partial charge on any atom is -0.493 e. The number of para-hydroxylation sites is 2. The Hall–Kier alpha value is -3.21. The van der Waals surface area contributed by atoms with Crippen LogP contribution in [0, 0.1) is 0 Å². The van der Waals surface area contributed by atoms with Gasteiger partial charge in [-0.05, 0) is 36.4 Å². The number of hydrogen-bond donors (Lipinski definition) is 1. The van der Waals surface area contributed by atoms with E-state index in [0.29, 0.717) is 11.5 Å². The zero-order chi connectivity index (χ0) is 22.1. The van der Waals surface area contributed by atoms with Crippen LogP contribution in [0.25, 0.3) is 0 Å². The minimum absolute atomic E-state index is 0.0148. The van der Waals surface area contributed by atoms with Crippen LogP contribution in [0.2, 0.25) is 0 Å². The Labute approximate surface area is 171 Å². The molecule has 0 radical (unpaired) electrons. The van der Waals surface area contributed by atoms with Crippen LogP contribution in [-0.2, 0) is 24.2 Å². The molecule has 2 aromatic carbocycles. The van der Waals surface area contributed by atoms with E-state index in [4.69, 9.17) is 14.2 Å². The fourth-order valence-electron chi connectivity index (χ4n) is 2.23. The Balaban J connectivity index is 1.75. The molecule has 0 heterocycles. The number of halogens is 2. The number of methoxy groups -OCH3 is 1. The quantitative estimate of drug-likeness (QED) is 0.563. The third-order valence-electron chi connectivity index (χ3n) is 3.70. The summed E-state index contributed by atoms with van der Waals surface area (Å²) in [6.45, 7) is -0.564. The normalized spacial score (nSPS) is 11.1. The molecule has 0 saturated carbocycles. The van der Waals surface area contributed by atoms with Gasteiger partial charge in [0, 0.05) is 5.69 Å². The first kappa shape index (κ1) is 23.1. The molecule has 11 heteroatoms. The number of anilines is 1. The lowest BCUT2D eigenvalue weighted by molar-refractivity contribution is -0.147. The van der Waals surface area contributed by atoms with Crippen LogP contribution in [0.15, 0.2) is 53.4 Å². The summed E-state index contributed by atoms with van der Waals surface area (Å²) < 4.78 is 63.0. The van der Waals surface area contributed by atoms with E-state index in [1.54, 1.807) is 24.3 Å². The van der Waals surface area contributed by atoms with E-state index in [2.05, 4.69) is 5.32 Å². The smallest absolute Gasteiger partial charge is 0.341 e. The molecule has 0 aliphatic heterocycles. The molecule has 8 nitrogen and oxygen atoms in total. The Morgan fingerprint density at radius 1 is 1.03 bits per heavy atom. The van der Waals surface area contributed by atoms with E-state index in [0.717, 1.165) is 24.3 Å². The highest BCUT2D eigenvalue weighted by atomic mass is 32.2. The summed E-state index contributed by atoms with van der Waals surface area (Å²) >= 11 is 0. The van der Waals surface area contributed by atoms with Gasteiger partial charge >= 0.3 is 11.7 Å². The summed E-state index contributed by atoms with van der Waals surface area (Å²) in [7, 11) is -3.23. The lowest BCUT2D eigenvalue weighted by Gasteiger charge is -2.10. The number of ether oxygens (including phenoxy) is 3. The number of benzene rings is 2. The molecule has 0 atom stereocenters. The molecular weight excluding hydrogens is 424 g/mol. The first-order valence-corrected chi connectivity index (χ1v) is 10.1. The average Bonchev–Trinajstić information content (AvgIpc) is 2.73. The third kappa shape index (κ3) is 6.41. The topological polar surface area (TPSA) is 108 Å². The summed E-state index contributed by atoms with van der Waals surface area (Å²) in [4.78, 5) is 23.0. The highest BCUT2D eigenvalue weighted by Gasteiger charge is 2.26. The van der Waals surface area contributed by atoms with Crippen LogP contribution in [0.1, 0.15) is 6.42 Å². The Bertz CT molecular complexity index is 979. The van der Waals surface area contributed by atoms with Gasteiger partial charge in [-0.3, -0.25) is 9.59 Å². The number of sulfone groups is 1. The van der Waals surface area contributed by atoms with Crippen LogP contribution in [0.4, 0.5) is 14.5 Å². The van der Waals surface area contributed by atoms with Gasteiger partial charge in [0.15, 0.2) is 18.1 Å². The molecule has 0 spiro atoms. The van der Waals surface area contributed by atoms with Gasteiger partial charge in [0.2, 0.25) is 9.84 Å². The largest absolute Gasteiger partial charge is 0.493 e. The lowest BCUT2D eigenvalue weighted by Crippen LogP contribution is -2.21. The first-order chi connectivity index (χ1) is 14.2. The molecule has 0 aliphatic rings. The predicted octanol–water partition coefficient (Wildman–Crippen LogP) is 2.64. The second-order valence-corrected chi connectivity index (χ2v) is 7.71. The van der Waals surface area contributed by atoms with Crippen molar-refractivity contribution in [3.63, 3.8) is 0 Å². The first-order valence-electron chi connectivity index (χ1n) is 8.57. The Morgan fingerprint density at radius 2 is 1.67 bits per heavy atom. The second kappa shape index (κ2) is 10.5. The van der Waals surface area contributed by atoms with Gasteiger partial charge in [-0.2, -0.15) is 8.78 Å². The van der Waals surface area contributed by atoms with Gasteiger partial charge in [-0.25, -0.2) is 8.42 Å². The van der Waals surface area contributed by atoms with Crippen molar-refractivity contribution in [3.05, 3.63) is 48.5 Å². The van der Waals surface area contributed by atoms with Gasteiger partial charge in [0.25, 0.3) is 5.91 Å². The summed E-state index contributed by atoms with van der Waals surface area (Å²) in [6, 6.07) is 11.1. The number of rotatable bonds is 10. The third-order valence-corrected chi connectivity index (χ3v) is 5.10. The SMILES string of the molecule is COc1ccccc1OCCC(=O)OCC(=O)Nc1ccc(S(=O)(=O)C(F)F)cc1. The molecule has 2 rings (SSSR count). The highest BCUT2D eigenvalue weighted by molar-refractivity contribution is 7.91. The van der Waals surface area contributed by atoms with E-state index in [1.165, 1.54) is 7.11 Å². The fraction of sp³-hybridized carbons (Fsp3) is 0.263. The van der Waals surface area contributed by atoms with Crippen molar-refractivity contribution in [2.75, 3.05) is 25.6 Å². The molecule has 162 valence electrons. The number of carbonyl (C=O) groups excluding carboxylic acids is 2. The average molecular weight is 443 g/mol. The van der Waals surface area contributed by atoms with Crippen LogP contribution in [-0.4, -0.2) is 46.4 Å². The molecule has 0 saturated heterocycles. The monoisotopic (exact) mass is 443 g/mol. The number of amides is 1. The minimum atomic E-state index is -4.71. The zero-order valence-corrected chi connectivity index (χ0v) is 16.7. The van der Waals surface area contributed by atoms with Gasteiger partial charge in [-0.15, -0.1) is 0 Å². The maximum Gasteiger partial charge on any atom is 0.341 e. The molecular formula is C19H19F2NO7S. The summed E-state index contributed by atoms with van der Waals surface area (Å²) in [5, 5.41) is 2.36. The molecule has 0 unspecified atom stereocenters. The van der Waals surface area contributed by atoms with Crippen LogP contribution < -0.4 is 14.8 Å². The van der Waals surface area contributed by atoms with Crippen molar-refractivity contribution >= 4 is 27.4 Å². The van der Waals surface area contributed by atoms with Crippen molar-refractivity contribution < 1.29 is 41.0 Å². The molecule has 0 bridgehead atoms. The van der Waals surface area contributed by atoms with Crippen LogP contribution in [0.3, 0.4) is 0 Å². The van der Waals surface area contributed by atoms with Crippen molar-refractivity contribution in [1.29, 1.82) is 0 Å². The van der Waals surface area contributed by atoms with E-state index in [9.17, 15) is 26.8 Å². The highest BCUT2D eigenvalue weighted by Crippen LogP contribution is 2.25. The number of carbonyl (C=O) groups is 2. The van der Waals surface area contributed by atoms with Crippen molar-refractivity contribution in [3.8, 4) is 11.5 Å².